The molecule has 0 aliphatic rings. The zero-order chi connectivity index (χ0) is 13.2. The van der Waals surface area contributed by atoms with Crippen molar-refractivity contribution in [1.82, 2.24) is 4.98 Å². The van der Waals surface area contributed by atoms with Crippen LogP contribution in [0, 0.1) is 0 Å². The average Bonchev–Trinajstić information content (AvgIpc) is 2.14. The monoisotopic (exact) mass is 258 g/mol. The number of pyridine rings is 1. The van der Waals surface area contributed by atoms with Gasteiger partial charge in [0.25, 0.3) is 0 Å². The van der Waals surface area contributed by atoms with Crippen LogP contribution in [0.1, 0.15) is 24.3 Å². The van der Waals surface area contributed by atoms with Crippen molar-refractivity contribution in [2.24, 2.45) is 0 Å². The highest BCUT2D eigenvalue weighted by molar-refractivity contribution is 6.33. The Bertz CT molecular complexity index is 429. The molecule has 6 heteroatoms. The van der Waals surface area contributed by atoms with Gasteiger partial charge in [-0.25, -0.2) is 9.78 Å². The molecule has 0 saturated heterocycles. The van der Waals surface area contributed by atoms with Crippen molar-refractivity contribution >= 4 is 23.4 Å². The number of aliphatic hydroxyl groups is 1. The summed E-state index contributed by atoms with van der Waals surface area (Å²) in [5.74, 6) is -0.720. The summed E-state index contributed by atoms with van der Waals surface area (Å²) in [7, 11) is 1.72. The first-order chi connectivity index (χ1) is 7.70. The van der Waals surface area contributed by atoms with Gasteiger partial charge in [0.15, 0.2) is 5.69 Å². The number of hydrogen-bond donors (Lipinski definition) is 2. The smallest absolute Gasteiger partial charge is 0.356 e. The Morgan fingerprint density at radius 2 is 2.12 bits per heavy atom. The van der Waals surface area contributed by atoms with E-state index in [0.29, 0.717) is 12.4 Å². The van der Waals surface area contributed by atoms with Crippen LogP contribution in [0.4, 0.5) is 5.82 Å². The summed E-state index contributed by atoms with van der Waals surface area (Å²) in [6.07, 6.45) is 0. The van der Waals surface area contributed by atoms with Gasteiger partial charge >= 0.3 is 5.97 Å². The molecule has 0 fully saturated rings. The van der Waals surface area contributed by atoms with Crippen molar-refractivity contribution in [3.63, 3.8) is 0 Å². The Hall–Kier alpha value is -1.33. The number of hydrogen-bond acceptors (Lipinski definition) is 4. The second kappa shape index (κ2) is 4.89. The zero-order valence-electron chi connectivity index (χ0n) is 9.94. The summed E-state index contributed by atoms with van der Waals surface area (Å²) >= 11 is 5.72. The Kier molecular flexibility index (Phi) is 3.95. The van der Waals surface area contributed by atoms with Crippen molar-refractivity contribution < 1.29 is 15.0 Å². The van der Waals surface area contributed by atoms with Crippen LogP contribution in [-0.4, -0.2) is 40.4 Å². The van der Waals surface area contributed by atoms with Crippen LogP contribution in [0.5, 0.6) is 0 Å². The molecule has 1 aromatic heterocycles. The van der Waals surface area contributed by atoms with Crippen LogP contribution >= 0.6 is 11.6 Å². The molecule has 0 saturated carbocycles. The number of anilines is 1. The molecule has 0 radical (unpaired) electrons. The molecule has 0 bridgehead atoms. The number of carbonyl (C=O) groups is 1. The number of halogens is 1. The fourth-order valence-corrected chi connectivity index (χ4v) is 1.64. The van der Waals surface area contributed by atoms with E-state index in [4.69, 9.17) is 16.7 Å². The van der Waals surface area contributed by atoms with Crippen molar-refractivity contribution in [2.75, 3.05) is 18.5 Å². The largest absolute Gasteiger partial charge is 0.476 e. The zero-order valence-corrected chi connectivity index (χ0v) is 10.7. The molecule has 2 N–H and O–H groups in total. The van der Waals surface area contributed by atoms with Gasteiger partial charge in [-0.3, -0.25) is 0 Å². The SMILES string of the molecule is CN(CC(C)(C)O)c1ccc(Cl)c(C(=O)O)n1. The fourth-order valence-electron chi connectivity index (χ4n) is 1.46. The molecular weight excluding hydrogens is 244 g/mol. The number of carboxylic acids is 1. The first kappa shape index (κ1) is 13.7. The van der Waals surface area contributed by atoms with Gasteiger partial charge in [0.2, 0.25) is 0 Å². The summed E-state index contributed by atoms with van der Waals surface area (Å²) < 4.78 is 0. The predicted octanol–water partition coefficient (Wildman–Crippen LogP) is 1.64. The highest BCUT2D eigenvalue weighted by Crippen LogP contribution is 2.19. The Balaban J connectivity index is 3.00. The highest BCUT2D eigenvalue weighted by atomic mass is 35.5. The van der Waals surface area contributed by atoms with Gasteiger partial charge in [0.1, 0.15) is 5.82 Å². The summed E-state index contributed by atoms with van der Waals surface area (Å²) in [5, 5.41) is 18.7. The predicted molar refractivity (Wildman–Crippen MR) is 65.8 cm³/mol. The lowest BCUT2D eigenvalue weighted by Gasteiger charge is -2.26. The van der Waals surface area contributed by atoms with Crippen molar-refractivity contribution in [2.45, 2.75) is 19.4 Å². The van der Waals surface area contributed by atoms with E-state index < -0.39 is 11.6 Å². The molecule has 1 rings (SSSR count). The fraction of sp³-hybridized carbons (Fsp3) is 0.455. The summed E-state index contributed by atoms with van der Waals surface area (Å²) in [6.45, 7) is 3.66. The number of rotatable bonds is 4. The van der Waals surface area contributed by atoms with Gasteiger partial charge in [-0.05, 0) is 26.0 Å². The van der Waals surface area contributed by atoms with E-state index in [1.54, 1.807) is 31.9 Å². The first-order valence-electron chi connectivity index (χ1n) is 5.04. The summed E-state index contributed by atoms with van der Waals surface area (Å²) in [4.78, 5) is 16.5. The Morgan fingerprint density at radius 3 is 2.59 bits per heavy atom. The molecule has 17 heavy (non-hydrogen) atoms. The highest BCUT2D eigenvalue weighted by Gasteiger charge is 2.18. The summed E-state index contributed by atoms with van der Waals surface area (Å²) in [6, 6.07) is 3.09. The van der Waals surface area contributed by atoms with Crippen LogP contribution in [0.2, 0.25) is 5.02 Å². The lowest BCUT2D eigenvalue weighted by Crippen LogP contribution is -2.36. The van der Waals surface area contributed by atoms with Crippen LogP contribution in [0.15, 0.2) is 12.1 Å². The molecule has 1 aromatic rings. The quantitative estimate of drug-likeness (QED) is 0.859. The van der Waals surface area contributed by atoms with Crippen LogP contribution in [0.25, 0.3) is 0 Å². The van der Waals surface area contributed by atoms with E-state index in [2.05, 4.69) is 4.98 Å². The minimum Gasteiger partial charge on any atom is -0.476 e. The molecule has 0 atom stereocenters. The molecule has 0 unspecified atom stereocenters. The molecule has 1 heterocycles. The third-order valence-corrected chi connectivity index (χ3v) is 2.35. The van der Waals surface area contributed by atoms with Crippen LogP contribution in [0.3, 0.4) is 0 Å². The molecule has 0 spiro atoms. The lowest BCUT2D eigenvalue weighted by molar-refractivity contribution is 0.0691. The topological polar surface area (TPSA) is 73.7 Å². The van der Waals surface area contributed by atoms with E-state index in [1.807, 2.05) is 0 Å². The number of likely N-dealkylation sites (N-methyl/N-ethyl adjacent to an activating group) is 1. The van der Waals surface area contributed by atoms with E-state index in [-0.39, 0.29) is 10.7 Å². The summed E-state index contributed by atoms with van der Waals surface area (Å²) in [5.41, 5.74) is -1.08. The molecule has 0 amide bonds. The third-order valence-electron chi connectivity index (χ3n) is 2.05. The van der Waals surface area contributed by atoms with E-state index in [9.17, 15) is 9.90 Å². The van der Waals surface area contributed by atoms with Gasteiger partial charge in [-0.15, -0.1) is 0 Å². The molecular formula is C11H15ClN2O3. The van der Waals surface area contributed by atoms with Gasteiger partial charge in [0.05, 0.1) is 10.6 Å². The van der Waals surface area contributed by atoms with Crippen molar-refractivity contribution in [1.29, 1.82) is 0 Å². The van der Waals surface area contributed by atoms with E-state index >= 15 is 0 Å². The number of carboxylic acid groups (broad SMARTS) is 1. The van der Waals surface area contributed by atoms with E-state index in [0.717, 1.165) is 0 Å². The minimum absolute atomic E-state index is 0.0953. The average molecular weight is 259 g/mol. The maximum Gasteiger partial charge on any atom is 0.356 e. The Morgan fingerprint density at radius 1 is 1.53 bits per heavy atom. The number of aromatic nitrogens is 1. The maximum absolute atomic E-state index is 10.9. The number of aromatic carboxylic acids is 1. The molecule has 0 aromatic carbocycles. The standard InChI is InChI=1S/C11H15ClN2O3/c1-11(2,17)6-14(3)8-5-4-7(12)9(13-8)10(15)16/h4-5,17H,6H2,1-3H3,(H,15,16). The van der Waals surface area contributed by atoms with Crippen molar-refractivity contribution in [3.8, 4) is 0 Å². The van der Waals surface area contributed by atoms with Gasteiger partial charge < -0.3 is 15.1 Å². The van der Waals surface area contributed by atoms with Gasteiger partial charge in [-0.1, -0.05) is 11.6 Å². The minimum atomic E-state index is -1.17. The normalized spacial score (nSPS) is 11.4. The van der Waals surface area contributed by atoms with Gasteiger partial charge in [-0.2, -0.15) is 0 Å². The molecule has 94 valence electrons. The lowest BCUT2D eigenvalue weighted by atomic mass is 10.1. The second-order valence-electron chi connectivity index (χ2n) is 4.47. The van der Waals surface area contributed by atoms with Crippen molar-refractivity contribution in [3.05, 3.63) is 22.8 Å². The maximum atomic E-state index is 10.9. The van der Waals surface area contributed by atoms with E-state index in [1.165, 1.54) is 6.07 Å². The molecule has 0 aliphatic carbocycles. The number of nitrogens with zero attached hydrogens (tertiary/aromatic N) is 2. The second-order valence-corrected chi connectivity index (χ2v) is 4.88. The Labute approximate surface area is 105 Å². The third kappa shape index (κ3) is 3.87. The van der Waals surface area contributed by atoms with Crippen LogP contribution < -0.4 is 4.90 Å². The van der Waals surface area contributed by atoms with Gasteiger partial charge in [0, 0.05) is 13.6 Å². The molecule has 0 aliphatic heterocycles. The van der Waals surface area contributed by atoms with Crippen LogP contribution in [-0.2, 0) is 0 Å². The first-order valence-corrected chi connectivity index (χ1v) is 5.42. The molecule has 5 nitrogen and oxygen atoms in total.